The van der Waals surface area contributed by atoms with Gasteiger partial charge in [-0.2, -0.15) is 0 Å². The van der Waals surface area contributed by atoms with E-state index in [1.807, 2.05) is 66.7 Å². The van der Waals surface area contributed by atoms with E-state index < -0.39 is 7.14 Å². The Kier molecular flexibility index (Phi) is 4.63. The van der Waals surface area contributed by atoms with Crippen molar-refractivity contribution in [3.05, 3.63) is 136 Å². The lowest BCUT2D eigenvalue weighted by Crippen LogP contribution is -2.06. The van der Waals surface area contributed by atoms with Crippen LogP contribution in [0.15, 0.2) is 115 Å². The van der Waals surface area contributed by atoms with Crippen molar-refractivity contribution in [1.29, 1.82) is 0 Å². The summed E-state index contributed by atoms with van der Waals surface area (Å²) in [6, 6.07) is 39.2. The number of nitrogens with zero attached hydrogens (tertiary/aromatic N) is 2. The zero-order valence-corrected chi connectivity index (χ0v) is 23.6. The topological polar surface area (TPSA) is 42.9 Å². The van der Waals surface area contributed by atoms with Crippen LogP contribution in [0, 0.1) is 0 Å². The predicted octanol–water partition coefficient (Wildman–Crippen LogP) is 9.51. The molecule has 7 aromatic rings. The maximum atomic E-state index is 16.2. The fourth-order valence-electron chi connectivity index (χ4n) is 6.27. The van der Waals surface area contributed by atoms with Gasteiger partial charge in [0.2, 0.25) is 0 Å². The Bertz CT molecular complexity index is 2110. The van der Waals surface area contributed by atoms with Crippen LogP contribution in [0.3, 0.4) is 0 Å². The molecule has 188 valence electrons. The highest BCUT2D eigenvalue weighted by atomic mass is 32.1. The first-order valence-electron chi connectivity index (χ1n) is 13.1. The lowest BCUT2D eigenvalue weighted by atomic mass is 10.0. The molecular formula is C34H19N2OPS2. The van der Waals surface area contributed by atoms with E-state index in [0.29, 0.717) is 0 Å². The monoisotopic (exact) mass is 566 g/mol. The number of hydrogen-bond acceptors (Lipinski definition) is 5. The number of para-hydroxylation sites is 2. The highest BCUT2D eigenvalue weighted by Gasteiger charge is 2.50. The van der Waals surface area contributed by atoms with Crippen molar-refractivity contribution in [2.24, 2.45) is 0 Å². The molecule has 6 heteroatoms. The van der Waals surface area contributed by atoms with Crippen LogP contribution in [0.2, 0.25) is 0 Å². The lowest BCUT2D eigenvalue weighted by Gasteiger charge is -2.20. The highest BCUT2D eigenvalue weighted by molar-refractivity contribution is 7.91. The molecule has 40 heavy (non-hydrogen) atoms. The van der Waals surface area contributed by atoms with Crippen molar-refractivity contribution in [1.82, 2.24) is 9.97 Å². The quantitative estimate of drug-likeness (QED) is 0.200. The SMILES string of the molecule is O=P1(c2ccccc2)C(c2nc3ccccc3s2)=C2C(=C1c1nc3ccccc3s1)c1cccc3cccc2c13. The average Bonchev–Trinajstić information content (AvgIpc) is 3.74. The minimum atomic E-state index is -3.38. The smallest absolute Gasteiger partial charge is 0.178 e. The zero-order chi connectivity index (χ0) is 26.4. The summed E-state index contributed by atoms with van der Waals surface area (Å²) in [5.74, 6) is 0. The van der Waals surface area contributed by atoms with Crippen LogP contribution in [-0.2, 0) is 4.57 Å². The number of aromatic nitrogens is 2. The normalized spacial score (nSPS) is 15.6. The van der Waals surface area contributed by atoms with Gasteiger partial charge in [0.25, 0.3) is 0 Å². The van der Waals surface area contributed by atoms with Crippen LogP contribution in [-0.4, -0.2) is 9.97 Å². The fraction of sp³-hybridized carbons (Fsp3) is 0. The summed E-state index contributed by atoms with van der Waals surface area (Å²) in [6.07, 6.45) is 0. The first-order chi connectivity index (χ1) is 19.7. The van der Waals surface area contributed by atoms with Gasteiger partial charge in [-0.15, -0.1) is 22.7 Å². The van der Waals surface area contributed by atoms with Gasteiger partial charge in [0.05, 0.1) is 31.1 Å². The van der Waals surface area contributed by atoms with Gasteiger partial charge >= 0.3 is 0 Å². The van der Waals surface area contributed by atoms with Crippen molar-refractivity contribution in [3.63, 3.8) is 0 Å². The van der Waals surface area contributed by atoms with E-state index in [2.05, 4.69) is 48.5 Å². The van der Waals surface area contributed by atoms with Crippen molar-refractivity contribution < 1.29 is 4.57 Å². The Hall–Kier alpha value is -4.15. The Labute approximate surface area is 238 Å². The second-order valence-corrected chi connectivity index (χ2v) is 14.8. The minimum Gasteiger partial charge on any atom is -0.308 e. The molecule has 0 radical (unpaired) electrons. The van der Waals surface area contributed by atoms with E-state index in [1.165, 1.54) is 10.8 Å². The molecule has 0 saturated carbocycles. The molecule has 0 atom stereocenters. The molecule has 0 bridgehead atoms. The molecule has 1 aliphatic heterocycles. The third-order valence-corrected chi connectivity index (χ3v) is 13.5. The summed E-state index contributed by atoms with van der Waals surface area (Å²) in [4.78, 5) is 10.2. The number of thiazole rings is 2. The van der Waals surface area contributed by atoms with Crippen LogP contribution >= 0.6 is 29.8 Å². The molecule has 0 unspecified atom stereocenters. The van der Waals surface area contributed by atoms with Gasteiger partial charge in [-0.1, -0.05) is 91.0 Å². The first-order valence-corrected chi connectivity index (χ1v) is 16.5. The Morgan fingerprint density at radius 3 is 1.55 bits per heavy atom. The average molecular weight is 567 g/mol. The number of fused-ring (bicyclic) bond motifs is 5. The molecule has 3 heterocycles. The van der Waals surface area contributed by atoms with Crippen LogP contribution in [0.25, 0.3) is 53.0 Å². The summed E-state index contributed by atoms with van der Waals surface area (Å²) in [7, 11) is -3.38. The van der Waals surface area contributed by atoms with E-state index in [4.69, 9.17) is 9.97 Å². The molecule has 0 N–H and O–H groups in total. The Morgan fingerprint density at radius 1 is 0.525 bits per heavy atom. The standard InChI is InChI=1S/C34H19N2OPS2/c37-38(21-12-2-1-3-13-21)31(33-35-24-16-4-6-18-26(24)39-33)29-22-14-8-10-20-11-9-15-23(28(20)22)30(29)32(38)34-36-25-17-5-7-19-27(25)40-34/h1-19H. The second kappa shape index (κ2) is 8.18. The molecule has 0 fully saturated rings. The van der Waals surface area contributed by atoms with Crippen LogP contribution in [0.1, 0.15) is 21.1 Å². The van der Waals surface area contributed by atoms with Crippen LogP contribution in [0.4, 0.5) is 0 Å². The number of hydrogen-bond donors (Lipinski definition) is 0. The lowest BCUT2D eigenvalue weighted by molar-refractivity contribution is 0.593. The van der Waals surface area contributed by atoms with Gasteiger partial charge in [0, 0.05) is 16.5 Å². The molecule has 0 spiro atoms. The summed E-state index contributed by atoms with van der Waals surface area (Å²) in [5.41, 5.74) is 6.21. The zero-order valence-electron chi connectivity index (χ0n) is 21.0. The molecule has 2 aliphatic rings. The van der Waals surface area contributed by atoms with E-state index in [9.17, 15) is 0 Å². The Balaban J connectivity index is 1.48. The van der Waals surface area contributed by atoms with Crippen molar-refractivity contribution in [2.45, 2.75) is 0 Å². The molecule has 5 aromatic carbocycles. The maximum absolute atomic E-state index is 16.2. The van der Waals surface area contributed by atoms with E-state index in [1.54, 1.807) is 22.7 Å². The van der Waals surface area contributed by atoms with Crippen molar-refractivity contribution in [2.75, 3.05) is 0 Å². The molecule has 3 nitrogen and oxygen atoms in total. The van der Waals surface area contributed by atoms with E-state index >= 15 is 4.57 Å². The largest absolute Gasteiger partial charge is 0.308 e. The Morgan fingerprint density at radius 2 is 1.02 bits per heavy atom. The van der Waals surface area contributed by atoms with Gasteiger partial charge in [-0.3, -0.25) is 0 Å². The van der Waals surface area contributed by atoms with Gasteiger partial charge in [-0.05, 0) is 46.2 Å². The van der Waals surface area contributed by atoms with E-state index in [0.717, 1.165) is 68.7 Å². The molecule has 1 aliphatic carbocycles. The predicted molar refractivity (Wildman–Crippen MR) is 170 cm³/mol. The summed E-state index contributed by atoms with van der Waals surface area (Å²) in [6.45, 7) is 0. The second-order valence-electron chi connectivity index (χ2n) is 10.1. The van der Waals surface area contributed by atoms with Crippen LogP contribution < -0.4 is 5.30 Å². The van der Waals surface area contributed by atoms with Gasteiger partial charge < -0.3 is 4.57 Å². The summed E-state index contributed by atoms with van der Waals surface area (Å²) < 4.78 is 18.4. The van der Waals surface area contributed by atoms with Gasteiger partial charge in [0.15, 0.2) is 7.14 Å². The van der Waals surface area contributed by atoms with Gasteiger partial charge in [-0.25, -0.2) is 9.97 Å². The molecular weight excluding hydrogens is 547 g/mol. The summed E-state index contributed by atoms with van der Waals surface area (Å²) >= 11 is 3.25. The molecule has 0 amide bonds. The number of benzene rings is 5. The fourth-order valence-corrected chi connectivity index (χ4v) is 12.2. The number of rotatable bonds is 3. The molecule has 0 saturated heterocycles. The van der Waals surface area contributed by atoms with Crippen LogP contribution in [0.5, 0.6) is 0 Å². The minimum absolute atomic E-state index is 0.817. The highest BCUT2D eigenvalue weighted by Crippen LogP contribution is 2.79. The summed E-state index contributed by atoms with van der Waals surface area (Å²) in [5, 5.41) is 6.54. The third kappa shape index (κ3) is 2.92. The van der Waals surface area contributed by atoms with Crippen molar-refractivity contribution >= 4 is 88.1 Å². The first kappa shape index (κ1) is 22.6. The maximum Gasteiger partial charge on any atom is 0.178 e. The molecule has 2 aromatic heterocycles. The van der Waals surface area contributed by atoms with E-state index in [-0.39, 0.29) is 0 Å². The molecule has 9 rings (SSSR count). The van der Waals surface area contributed by atoms with Gasteiger partial charge in [0.1, 0.15) is 10.0 Å². The van der Waals surface area contributed by atoms with Crippen molar-refractivity contribution in [3.8, 4) is 0 Å². The third-order valence-electron chi connectivity index (χ3n) is 7.91. The number of allylic oxidation sites excluding steroid dienone is 2.